The van der Waals surface area contributed by atoms with Crippen LogP contribution in [0, 0.1) is 0 Å². The van der Waals surface area contributed by atoms with E-state index in [1.54, 1.807) is 18.2 Å². The molecule has 0 aliphatic heterocycles. The topological polar surface area (TPSA) is 106 Å². The number of hydrogen-bond acceptors (Lipinski definition) is 5. The summed E-state index contributed by atoms with van der Waals surface area (Å²) < 4.78 is 11.6. The van der Waals surface area contributed by atoms with Crippen LogP contribution in [0.25, 0.3) is 22.6 Å². The molecule has 0 saturated carbocycles. The van der Waals surface area contributed by atoms with E-state index in [0.29, 0.717) is 47.4 Å². The van der Waals surface area contributed by atoms with Crippen LogP contribution in [0.3, 0.4) is 0 Å². The van der Waals surface area contributed by atoms with Gasteiger partial charge in [-0.25, -0.2) is 4.79 Å². The number of carbonyl (C=O) groups excluding carboxylic acids is 1. The van der Waals surface area contributed by atoms with Gasteiger partial charge in [0.05, 0.1) is 12.0 Å². The van der Waals surface area contributed by atoms with Crippen LogP contribution in [0.15, 0.2) is 63.8 Å². The molecular weight excluding hydrogens is 410 g/mol. The second kappa shape index (κ2) is 8.93. The first kappa shape index (κ1) is 21.1. The van der Waals surface area contributed by atoms with Gasteiger partial charge in [0, 0.05) is 29.5 Å². The first-order chi connectivity index (χ1) is 15.4. The van der Waals surface area contributed by atoms with Crippen molar-refractivity contribution in [2.75, 3.05) is 11.9 Å². The molecule has 0 bridgehead atoms. The predicted octanol–water partition coefficient (Wildman–Crippen LogP) is 4.26. The summed E-state index contributed by atoms with van der Waals surface area (Å²) in [5, 5.41) is 11.6. The molecule has 162 valence electrons. The Morgan fingerprint density at radius 1 is 1.12 bits per heavy atom. The smallest absolute Gasteiger partial charge is 0.328 e. The average molecular weight is 431 g/mol. The Balaban J connectivity index is 1.67. The quantitative estimate of drug-likeness (QED) is 0.565. The number of allylic oxidation sites excluding steroid dienone is 1. The fourth-order valence-electron chi connectivity index (χ4n) is 3.67. The van der Waals surface area contributed by atoms with Crippen LogP contribution in [-0.4, -0.2) is 23.6 Å². The van der Waals surface area contributed by atoms with Crippen molar-refractivity contribution in [1.82, 2.24) is 0 Å². The number of aliphatic carboxylic acids is 1. The van der Waals surface area contributed by atoms with Gasteiger partial charge in [-0.1, -0.05) is 12.1 Å². The summed E-state index contributed by atoms with van der Waals surface area (Å²) in [5.74, 6) is -0.448. The molecule has 4 rings (SSSR count). The van der Waals surface area contributed by atoms with Crippen molar-refractivity contribution in [2.45, 2.75) is 19.8 Å². The van der Waals surface area contributed by atoms with Gasteiger partial charge in [0.1, 0.15) is 17.1 Å². The molecule has 0 radical (unpaired) electrons. The number of rotatable bonds is 6. The Kier molecular flexibility index (Phi) is 5.89. The second-order valence-electron chi connectivity index (χ2n) is 7.28. The Labute approximate surface area is 183 Å². The number of benzene rings is 2. The third-order valence-electron chi connectivity index (χ3n) is 5.10. The molecule has 1 aliphatic carbocycles. The summed E-state index contributed by atoms with van der Waals surface area (Å²) in [5.41, 5.74) is 3.23. The Hall–Kier alpha value is -4.13. The second-order valence-corrected chi connectivity index (χ2v) is 7.28. The SMILES string of the molecule is CCOc1ccc(/C=C2\CCc3c2oc2cc(NC(=O)/C=C/C(=O)O)ccc2c3=O)cc1. The lowest BCUT2D eigenvalue weighted by Gasteiger charge is -2.07. The lowest BCUT2D eigenvalue weighted by molar-refractivity contribution is -0.131. The van der Waals surface area contributed by atoms with Gasteiger partial charge in [0.25, 0.3) is 0 Å². The largest absolute Gasteiger partial charge is 0.494 e. The molecule has 3 aromatic rings. The van der Waals surface area contributed by atoms with Crippen molar-refractivity contribution in [2.24, 2.45) is 0 Å². The molecule has 0 unspecified atom stereocenters. The zero-order chi connectivity index (χ0) is 22.7. The summed E-state index contributed by atoms with van der Waals surface area (Å²) in [6, 6.07) is 12.5. The summed E-state index contributed by atoms with van der Waals surface area (Å²) in [6.45, 7) is 2.53. The molecule has 0 atom stereocenters. The summed E-state index contributed by atoms with van der Waals surface area (Å²) in [6.07, 6.45) is 4.97. The van der Waals surface area contributed by atoms with Crippen molar-refractivity contribution < 1.29 is 23.8 Å². The monoisotopic (exact) mass is 431 g/mol. The summed E-state index contributed by atoms with van der Waals surface area (Å²) >= 11 is 0. The standard InChI is InChI=1S/C25H21NO6/c1-2-31-18-7-3-15(4-8-18)13-16-5-9-20-24(30)19-10-6-17(14-21(19)32-25(16)20)26-22(27)11-12-23(28)29/h3-4,6-8,10-14H,2,5,9H2,1H3,(H,26,27)(H,28,29)/b12-11+,16-13+. The minimum atomic E-state index is -1.22. The molecule has 0 fully saturated rings. The van der Waals surface area contributed by atoms with Crippen molar-refractivity contribution in [3.63, 3.8) is 0 Å². The first-order valence-corrected chi connectivity index (χ1v) is 10.2. The van der Waals surface area contributed by atoms with E-state index in [-0.39, 0.29) is 5.43 Å². The highest BCUT2D eigenvalue weighted by molar-refractivity contribution is 6.03. The number of carboxylic acid groups (broad SMARTS) is 1. The number of fused-ring (bicyclic) bond motifs is 2. The Morgan fingerprint density at radius 3 is 2.62 bits per heavy atom. The Morgan fingerprint density at radius 2 is 1.91 bits per heavy atom. The molecule has 32 heavy (non-hydrogen) atoms. The van der Waals surface area contributed by atoms with Crippen molar-refractivity contribution in [1.29, 1.82) is 0 Å². The zero-order valence-corrected chi connectivity index (χ0v) is 17.4. The van der Waals surface area contributed by atoms with Crippen LogP contribution < -0.4 is 15.5 Å². The minimum Gasteiger partial charge on any atom is -0.494 e. The Bertz CT molecular complexity index is 1310. The molecule has 0 spiro atoms. The maximum atomic E-state index is 13.0. The zero-order valence-electron chi connectivity index (χ0n) is 17.4. The third-order valence-corrected chi connectivity index (χ3v) is 5.10. The summed E-state index contributed by atoms with van der Waals surface area (Å²) in [4.78, 5) is 35.4. The number of hydrogen-bond donors (Lipinski definition) is 2. The van der Waals surface area contributed by atoms with Crippen molar-refractivity contribution in [3.8, 4) is 5.75 Å². The van der Waals surface area contributed by atoms with E-state index in [1.165, 1.54) is 0 Å². The van der Waals surface area contributed by atoms with Gasteiger partial charge in [-0.3, -0.25) is 9.59 Å². The van der Waals surface area contributed by atoms with Gasteiger partial charge >= 0.3 is 5.97 Å². The fourth-order valence-corrected chi connectivity index (χ4v) is 3.67. The van der Waals surface area contributed by atoms with Gasteiger partial charge in [-0.2, -0.15) is 0 Å². The van der Waals surface area contributed by atoms with E-state index in [0.717, 1.165) is 29.0 Å². The van der Waals surface area contributed by atoms with E-state index in [1.807, 2.05) is 37.3 Å². The van der Waals surface area contributed by atoms with E-state index in [2.05, 4.69) is 5.32 Å². The van der Waals surface area contributed by atoms with Crippen LogP contribution in [-0.2, 0) is 16.0 Å². The molecule has 1 aliphatic rings. The van der Waals surface area contributed by atoms with Crippen LogP contribution in [0.5, 0.6) is 5.75 Å². The van der Waals surface area contributed by atoms with E-state index < -0.39 is 11.9 Å². The predicted molar refractivity (Wildman–Crippen MR) is 122 cm³/mol. The lowest BCUT2D eigenvalue weighted by atomic mass is 10.1. The molecule has 1 heterocycles. The number of carbonyl (C=O) groups is 2. The molecule has 0 saturated heterocycles. The first-order valence-electron chi connectivity index (χ1n) is 10.2. The van der Waals surface area contributed by atoms with Gasteiger partial charge in [0.2, 0.25) is 5.91 Å². The molecule has 2 N–H and O–H groups in total. The van der Waals surface area contributed by atoms with E-state index in [9.17, 15) is 14.4 Å². The fraction of sp³-hybridized carbons (Fsp3) is 0.160. The molecule has 2 aromatic carbocycles. The van der Waals surface area contributed by atoms with Gasteiger partial charge in [-0.05, 0) is 61.2 Å². The normalized spacial score (nSPS) is 14.1. The average Bonchev–Trinajstić information content (AvgIpc) is 3.16. The maximum Gasteiger partial charge on any atom is 0.328 e. The maximum absolute atomic E-state index is 13.0. The van der Waals surface area contributed by atoms with Gasteiger partial charge < -0.3 is 19.6 Å². The van der Waals surface area contributed by atoms with E-state index >= 15 is 0 Å². The minimum absolute atomic E-state index is 0.0833. The molecular formula is C25H21NO6. The number of anilines is 1. The van der Waals surface area contributed by atoms with Gasteiger partial charge in [-0.15, -0.1) is 0 Å². The van der Waals surface area contributed by atoms with E-state index in [4.69, 9.17) is 14.3 Å². The summed E-state index contributed by atoms with van der Waals surface area (Å²) in [7, 11) is 0. The number of ether oxygens (including phenoxy) is 1. The lowest BCUT2D eigenvalue weighted by Crippen LogP contribution is -2.11. The number of carboxylic acids is 1. The highest BCUT2D eigenvalue weighted by Gasteiger charge is 2.24. The third kappa shape index (κ3) is 4.46. The van der Waals surface area contributed by atoms with Crippen molar-refractivity contribution >= 4 is 40.2 Å². The van der Waals surface area contributed by atoms with Crippen LogP contribution in [0.4, 0.5) is 5.69 Å². The number of amides is 1. The van der Waals surface area contributed by atoms with Crippen LogP contribution in [0.2, 0.25) is 0 Å². The molecule has 7 heteroatoms. The molecule has 1 aromatic heterocycles. The van der Waals surface area contributed by atoms with Crippen LogP contribution in [0.1, 0.15) is 30.2 Å². The van der Waals surface area contributed by atoms with Gasteiger partial charge in [0.15, 0.2) is 5.43 Å². The highest BCUT2D eigenvalue weighted by atomic mass is 16.5. The highest BCUT2D eigenvalue weighted by Crippen LogP contribution is 2.34. The molecule has 7 nitrogen and oxygen atoms in total. The number of nitrogens with one attached hydrogen (secondary N) is 1. The van der Waals surface area contributed by atoms with Crippen molar-refractivity contribution in [3.05, 3.63) is 81.7 Å². The molecule has 1 amide bonds. The van der Waals surface area contributed by atoms with Crippen LogP contribution >= 0.6 is 0 Å².